The number of hydrogen-bond donors (Lipinski definition) is 1. The second-order valence-corrected chi connectivity index (χ2v) is 4.67. The van der Waals surface area contributed by atoms with Gasteiger partial charge in [0.2, 0.25) is 0 Å². The highest BCUT2D eigenvalue weighted by Gasteiger charge is 2.10. The maximum atomic E-state index is 13.4. The minimum absolute atomic E-state index is 0.146. The molecule has 0 heterocycles. The summed E-state index contributed by atoms with van der Waals surface area (Å²) in [6.45, 7) is -0.446. The van der Waals surface area contributed by atoms with Crippen LogP contribution in [0, 0.1) is 17.5 Å². The normalized spacial score (nSPS) is 10.7. The summed E-state index contributed by atoms with van der Waals surface area (Å²) in [6, 6.07) is 7.79. The second-order valence-electron chi connectivity index (χ2n) is 3.55. The van der Waals surface area contributed by atoms with Crippen LogP contribution >= 0.6 is 11.8 Å². The first-order valence-electron chi connectivity index (χ1n) is 5.13. The molecule has 1 nitrogen and oxygen atoms in total. The number of benzene rings is 2. The molecule has 0 atom stereocenters. The van der Waals surface area contributed by atoms with Crippen LogP contribution in [0.25, 0.3) is 0 Å². The molecule has 5 heteroatoms. The number of aliphatic hydroxyl groups is 1. The summed E-state index contributed by atoms with van der Waals surface area (Å²) in [7, 11) is 0. The molecule has 0 radical (unpaired) electrons. The van der Waals surface area contributed by atoms with E-state index in [-0.39, 0.29) is 5.56 Å². The van der Waals surface area contributed by atoms with Crippen molar-refractivity contribution in [3.63, 3.8) is 0 Å². The first-order valence-corrected chi connectivity index (χ1v) is 5.94. The number of rotatable bonds is 3. The van der Waals surface area contributed by atoms with Gasteiger partial charge in [-0.1, -0.05) is 17.8 Å². The third-order valence-electron chi connectivity index (χ3n) is 2.35. The Balaban J connectivity index is 2.34. The Morgan fingerprint density at radius 1 is 0.944 bits per heavy atom. The number of hydrogen-bond acceptors (Lipinski definition) is 2. The van der Waals surface area contributed by atoms with Crippen molar-refractivity contribution in [2.24, 2.45) is 0 Å². The molecule has 0 aromatic heterocycles. The standard InChI is InChI=1S/C13H9F3OS/c14-10-2-1-3-13(9(10)7-17)18-8-4-5-11(15)12(16)6-8/h1-6,17H,7H2. The van der Waals surface area contributed by atoms with Crippen molar-refractivity contribution in [3.8, 4) is 0 Å². The Labute approximate surface area is 106 Å². The first-order chi connectivity index (χ1) is 8.61. The Bertz CT molecular complexity index is 572. The van der Waals surface area contributed by atoms with Crippen molar-refractivity contribution in [1.29, 1.82) is 0 Å². The van der Waals surface area contributed by atoms with Crippen LogP contribution in [0.4, 0.5) is 13.2 Å². The Kier molecular flexibility index (Phi) is 3.93. The van der Waals surface area contributed by atoms with Gasteiger partial charge in [-0.2, -0.15) is 0 Å². The summed E-state index contributed by atoms with van der Waals surface area (Å²) in [5, 5.41) is 9.09. The molecule has 0 unspecified atom stereocenters. The molecule has 0 fully saturated rings. The molecule has 0 saturated carbocycles. The molecule has 1 N–H and O–H groups in total. The zero-order chi connectivity index (χ0) is 13.1. The van der Waals surface area contributed by atoms with E-state index in [4.69, 9.17) is 5.11 Å². The average molecular weight is 270 g/mol. The average Bonchev–Trinajstić information content (AvgIpc) is 2.34. The minimum atomic E-state index is -0.957. The Morgan fingerprint density at radius 2 is 1.72 bits per heavy atom. The van der Waals surface area contributed by atoms with Crippen molar-refractivity contribution < 1.29 is 18.3 Å². The van der Waals surface area contributed by atoms with Gasteiger partial charge in [-0.05, 0) is 30.3 Å². The van der Waals surface area contributed by atoms with E-state index in [0.717, 1.165) is 23.9 Å². The zero-order valence-corrected chi connectivity index (χ0v) is 9.98. The van der Waals surface area contributed by atoms with Crippen LogP contribution in [0.15, 0.2) is 46.2 Å². The van der Waals surface area contributed by atoms with E-state index in [1.165, 1.54) is 18.2 Å². The molecule has 18 heavy (non-hydrogen) atoms. The molecule has 0 spiro atoms. The molecular formula is C13H9F3OS. The van der Waals surface area contributed by atoms with Crippen LogP contribution in [0.5, 0.6) is 0 Å². The highest BCUT2D eigenvalue weighted by atomic mass is 32.2. The van der Waals surface area contributed by atoms with Crippen LogP contribution in [-0.2, 0) is 6.61 Å². The summed E-state index contributed by atoms with van der Waals surface area (Å²) in [4.78, 5) is 0.915. The molecule has 2 aromatic carbocycles. The first kappa shape index (κ1) is 13.0. The van der Waals surface area contributed by atoms with Gasteiger partial charge in [0.15, 0.2) is 11.6 Å². The predicted octanol–water partition coefficient (Wildman–Crippen LogP) is 3.75. The predicted molar refractivity (Wildman–Crippen MR) is 62.8 cm³/mol. The molecule has 0 amide bonds. The van der Waals surface area contributed by atoms with Gasteiger partial charge in [-0.25, -0.2) is 13.2 Å². The second kappa shape index (κ2) is 5.46. The summed E-state index contributed by atoms with van der Waals surface area (Å²) in [5.74, 6) is -2.41. The fourth-order valence-corrected chi connectivity index (χ4v) is 2.44. The van der Waals surface area contributed by atoms with Gasteiger partial charge in [0.1, 0.15) is 5.82 Å². The quantitative estimate of drug-likeness (QED) is 0.916. The largest absolute Gasteiger partial charge is 0.392 e. The van der Waals surface area contributed by atoms with E-state index in [1.807, 2.05) is 0 Å². The van der Waals surface area contributed by atoms with E-state index < -0.39 is 24.1 Å². The summed E-state index contributed by atoms with van der Waals surface area (Å²) in [5.41, 5.74) is 0.146. The van der Waals surface area contributed by atoms with E-state index in [0.29, 0.717) is 9.79 Å². The zero-order valence-electron chi connectivity index (χ0n) is 9.16. The molecule has 0 aliphatic carbocycles. The van der Waals surface area contributed by atoms with Gasteiger partial charge in [0.25, 0.3) is 0 Å². The van der Waals surface area contributed by atoms with E-state index in [9.17, 15) is 13.2 Å². The van der Waals surface area contributed by atoms with Gasteiger partial charge < -0.3 is 5.11 Å². The van der Waals surface area contributed by atoms with Crippen LogP contribution in [-0.4, -0.2) is 5.11 Å². The molecule has 0 aliphatic heterocycles. The smallest absolute Gasteiger partial charge is 0.159 e. The number of halogens is 3. The van der Waals surface area contributed by atoms with E-state index >= 15 is 0 Å². The highest BCUT2D eigenvalue weighted by Crippen LogP contribution is 2.32. The lowest BCUT2D eigenvalue weighted by Gasteiger charge is -2.08. The Hall–Kier alpha value is -1.46. The molecule has 0 bridgehead atoms. The third-order valence-corrected chi connectivity index (χ3v) is 3.44. The number of aliphatic hydroxyl groups excluding tert-OH is 1. The van der Waals surface area contributed by atoms with Crippen LogP contribution in [0.3, 0.4) is 0 Å². The van der Waals surface area contributed by atoms with Gasteiger partial charge in [0.05, 0.1) is 6.61 Å². The summed E-state index contributed by atoms with van der Waals surface area (Å²) < 4.78 is 39.2. The minimum Gasteiger partial charge on any atom is -0.392 e. The molecule has 0 aliphatic rings. The van der Waals surface area contributed by atoms with Crippen LogP contribution in [0.1, 0.15) is 5.56 Å². The van der Waals surface area contributed by atoms with Crippen LogP contribution in [0.2, 0.25) is 0 Å². The van der Waals surface area contributed by atoms with Gasteiger partial charge in [0, 0.05) is 15.4 Å². The fraction of sp³-hybridized carbons (Fsp3) is 0.0769. The lowest BCUT2D eigenvalue weighted by atomic mass is 10.2. The lowest BCUT2D eigenvalue weighted by Crippen LogP contribution is -1.93. The third kappa shape index (κ3) is 2.68. The summed E-state index contributed by atoms with van der Waals surface area (Å²) >= 11 is 1.07. The van der Waals surface area contributed by atoms with Crippen molar-refractivity contribution >= 4 is 11.8 Å². The lowest BCUT2D eigenvalue weighted by molar-refractivity contribution is 0.272. The van der Waals surface area contributed by atoms with Crippen molar-refractivity contribution in [2.45, 2.75) is 16.4 Å². The molecule has 0 saturated heterocycles. The van der Waals surface area contributed by atoms with Gasteiger partial charge in [-0.3, -0.25) is 0 Å². The molecule has 94 valence electrons. The van der Waals surface area contributed by atoms with E-state index in [1.54, 1.807) is 6.07 Å². The van der Waals surface area contributed by atoms with Crippen molar-refractivity contribution in [2.75, 3.05) is 0 Å². The maximum absolute atomic E-state index is 13.4. The summed E-state index contributed by atoms with van der Waals surface area (Å²) in [6.07, 6.45) is 0. The topological polar surface area (TPSA) is 20.2 Å². The van der Waals surface area contributed by atoms with Crippen LogP contribution < -0.4 is 0 Å². The Morgan fingerprint density at radius 3 is 2.39 bits per heavy atom. The van der Waals surface area contributed by atoms with Crippen molar-refractivity contribution in [1.82, 2.24) is 0 Å². The molecule has 2 aromatic rings. The highest BCUT2D eigenvalue weighted by molar-refractivity contribution is 7.99. The monoisotopic (exact) mass is 270 g/mol. The van der Waals surface area contributed by atoms with Gasteiger partial charge >= 0.3 is 0 Å². The fourth-order valence-electron chi connectivity index (χ4n) is 1.46. The van der Waals surface area contributed by atoms with Crippen molar-refractivity contribution in [3.05, 3.63) is 59.4 Å². The van der Waals surface area contributed by atoms with E-state index in [2.05, 4.69) is 0 Å². The maximum Gasteiger partial charge on any atom is 0.159 e. The SMILES string of the molecule is OCc1c(F)cccc1Sc1ccc(F)c(F)c1. The molecule has 2 rings (SSSR count). The van der Waals surface area contributed by atoms with Gasteiger partial charge in [-0.15, -0.1) is 0 Å². The molecular weight excluding hydrogens is 261 g/mol.